The van der Waals surface area contributed by atoms with Crippen molar-refractivity contribution >= 4 is 17.3 Å². The van der Waals surface area contributed by atoms with Gasteiger partial charge in [-0.3, -0.25) is 19.6 Å². The van der Waals surface area contributed by atoms with Gasteiger partial charge in [-0.05, 0) is 26.3 Å². The van der Waals surface area contributed by atoms with Gasteiger partial charge in [-0.1, -0.05) is 6.07 Å². The van der Waals surface area contributed by atoms with E-state index in [0.717, 1.165) is 22.5 Å². The number of aryl methyl sites for hydroxylation is 3. The number of non-ortho nitro benzene ring substituents is 1. The van der Waals surface area contributed by atoms with Gasteiger partial charge in [-0.2, -0.15) is 5.10 Å². The molecule has 22 heavy (non-hydrogen) atoms. The van der Waals surface area contributed by atoms with Crippen LogP contribution in [-0.2, 0) is 18.3 Å². The summed E-state index contributed by atoms with van der Waals surface area (Å²) in [5.41, 5.74) is 3.81. The number of nitro groups is 1. The second-order valence-electron chi connectivity index (χ2n) is 5.25. The molecule has 7 heteroatoms. The van der Waals surface area contributed by atoms with Gasteiger partial charge < -0.3 is 5.32 Å². The Bertz CT molecular complexity index is 749. The van der Waals surface area contributed by atoms with Crippen LogP contribution >= 0.6 is 0 Å². The van der Waals surface area contributed by atoms with Crippen LogP contribution in [0, 0.1) is 30.9 Å². The molecule has 0 aliphatic rings. The molecule has 116 valence electrons. The number of benzene rings is 1. The van der Waals surface area contributed by atoms with Crippen LogP contribution in [0.15, 0.2) is 18.2 Å². The topological polar surface area (TPSA) is 90.1 Å². The van der Waals surface area contributed by atoms with Crippen molar-refractivity contribution in [3.05, 3.63) is 50.8 Å². The number of rotatable bonds is 4. The van der Waals surface area contributed by atoms with Gasteiger partial charge in [0.25, 0.3) is 5.69 Å². The first-order chi connectivity index (χ1) is 10.3. The van der Waals surface area contributed by atoms with Crippen LogP contribution in [0.1, 0.15) is 22.5 Å². The SMILES string of the molecule is Cc1ccc([N+](=O)[O-])cc1NC(=O)Cc1c(C)nn(C)c1C. The summed E-state index contributed by atoms with van der Waals surface area (Å²) in [6, 6.07) is 4.41. The monoisotopic (exact) mass is 302 g/mol. The maximum Gasteiger partial charge on any atom is 0.271 e. The molecule has 7 nitrogen and oxygen atoms in total. The first-order valence-electron chi connectivity index (χ1n) is 6.83. The van der Waals surface area contributed by atoms with Gasteiger partial charge in [-0.15, -0.1) is 0 Å². The molecule has 1 N–H and O–H groups in total. The zero-order chi connectivity index (χ0) is 16.4. The molecule has 0 saturated heterocycles. The molecule has 0 unspecified atom stereocenters. The molecule has 1 heterocycles. The Morgan fingerprint density at radius 1 is 1.36 bits per heavy atom. The van der Waals surface area contributed by atoms with E-state index in [1.165, 1.54) is 12.1 Å². The Kier molecular flexibility index (Phi) is 4.25. The van der Waals surface area contributed by atoms with Crippen molar-refractivity contribution in [2.24, 2.45) is 7.05 Å². The van der Waals surface area contributed by atoms with Crippen LogP contribution in [0.25, 0.3) is 0 Å². The lowest BCUT2D eigenvalue weighted by Gasteiger charge is -2.08. The predicted molar refractivity (Wildman–Crippen MR) is 82.8 cm³/mol. The van der Waals surface area contributed by atoms with Crippen LogP contribution in [0.2, 0.25) is 0 Å². The van der Waals surface area contributed by atoms with Crippen molar-refractivity contribution in [2.45, 2.75) is 27.2 Å². The van der Waals surface area contributed by atoms with Crippen LogP contribution in [0.3, 0.4) is 0 Å². The highest BCUT2D eigenvalue weighted by atomic mass is 16.6. The van der Waals surface area contributed by atoms with E-state index in [2.05, 4.69) is 10.4 Å². The summed E-state index contributed by atoms with van der Waals surface area (Å²) in [4.78, 5) is 22.5. The molecule has 1 aromatic heterocycles. The summed E-state index contributed by atoms with van der Waals surface area (Å²) < 4.78 is 1.73. The van der Waals surface area contributed by atoms with E-state index in [0.29, 0.717) is 5.69 Å². The zero-order valence-corrected chi connectivity index (χ0v) is 13.0. The Balaban J connectivity index is 2.19. The maximum absolute atomic E-state index is 12.2. The molecular weight excluding hydrogens is 284 g/mol. The maximum atomic E-state index is 12.2. The number of nitrogens with one attached hydrogen (secondary N) is 1. The Hall–Kier alpha value is -2.70. The van der Waals surface area contributed by atoms with Gasteiger partial charge in [0.05, 0.1) is 22.7 Å². The van der Waals surface area contributed by atoms with Crippen molar-refractivity contribution in [1.29, 1.82) is 0 Å². The van der Waals surface area contributed by atoms with Crippen molar-refractivity contribution in [3.63, 3.8) is 0 Å². The minimum atomic E-state index is -0.482. The molecule has 0 radical (unpaired) electrons. The highest BCUT2D eigenvalue weighted by molar-refractivity contribution is 5.93. The molecule has 0 aliphatic carbocycles. The minimum Gasteiger partial charge on any atom is -0.325 e. The van der Waals surface area contributed by atoms with Gasteiger partial charge in [0.15, 0.2) is 0 Å². The average Bonchev–Trinajstić information content (AvgIpc) is 2.67. The van der Waals surface area contributed by atoms with E-state index in [1.807, 2.05) is 20.9 Å². The molecular formula is C15H18N4O3. The van der Waals surface area contributed by atoms with Crippen molar-refractivity contribution in [2.75, 3.05) is 5.32 Å². The summed E-state index contributed by atoms with van der Waals surface area (Å²) >= 11 is 0. The number of nitrogens with zero attached hydrogens (tertiary/aromatic N) is 3. The van der Waals surface area contributed by atoms with Crippen LogP contribution in [-0.4, -0.2) is 20.6 Å². The van der Waals surface area contributed by atoms with E-state index in [-0.39, 0.29) is 18.0 Å². The molecule has 0 atom stereocenters. The molecule has 2 aromatic rings. The third-order valence-corrected chi connectivity index (χ3v) is 3.70. The number of nitro benzene ring substituents is 1. The van der Waals surface area contributed by atoms with E-state index in [1.54, 1.807) is 17.7 Å². The Morgan fingerprint density at radius 2 is 2.05 bits per heavy atom. The van der Waals surface area contributed by atoms with Gasteiger partial charge in [-0.25, -0.2) is 0 Å². The number of aromatic nitrogens is 2. The lowest BCUT2D eigenvalue weighted by Crippen LogP contribution is -2.16. The van der Waals surface area contributed by atoms with E-state index in [9.17, 15) is 14.9 Å². The highest BCUT2D eigenvalue weighted by Gasteiger charge is 2.15. The number of anilines is 1. The minimum absolute atomic E-state index is 0.0466. The second kappa shape index (κ2) is 5.97. The third kappa shape index (κ3) is 3.13. The fourth-order valence-corrected chi connectivity index (χ4v) is 2.29. The molecule has 0 saturated carbocycles. The van der Waals surface area contributed by atoms with Gasteiger partial charge >= 0.3 is 0 Å². The Morgan fingerprint density at radius 3 is 2.59 bits per heavy atom. The van der Waals surface area contributed by atoms with Crippen molar-refractivity contribution < 1.29 is 9.72 Å². The van der Waals surface area contributed by atoms with E-state index in [4.69, 9.17) is 0 Å². The molecule has 0 fully saturated rings. The summed E-state index contributed by atoms with van der Waals surface area (Å²) in [5.74, 6) is -0.220. The smallest absolute Gasteiger partial charge is 0.271 e. The first kappa shape index (κ1) is 15.7. The lowest BCUT2D eigenvalue weighted by molar-refractivity contribution is -0.384. The van der Waals surface area contributed by atoms with Crippen LogP contribution in [0.5, 0.6) is 0 Å². The standard InChI is InChI=1S/C15H18N4O3/c1-9-5-6-12(19(21)22)7-14(9)16-15(20)8-13-10(2)17-18(4)11(13)3/h5-7H,8H2,1-4H3,(H,16,20). The van der Waals surface area contributed by atoms with Crippen molar-refractivity contribution in [1.82, 2.24) is 9.78 Å². The van der Waals surface area contributed by atoms with E-state index < -0.39 is 4.92 Å². The molecule has 1 aromatic carbocycles. The van der Waals surface area contributed by atoms with Crippen molar-refractivity contribution in [3.8, 4) is 0 Å². The lowest BCUT2D eigenvalue weighted by atomic mass is 10.1. The average molecular weight is 302 g/mol. The number of hydrogen-bond donors (Lipinski definition) is 1. The normalized spacial score (nSPS) is 10.5. The number of hydrogen-bond acceptors (Lipinski definition) is 4. The van der Waals surface area contributed by atoms with Gasteiger partial charge in [0, 0.05) is 30.4 Å². The fourth-order valence-electron chi connectivity index (χ4n) is 2.29. The molecule has 1 amide bonds. The molecule has 0 aliphatic heterocycles. The van der Waals surface area contributed by atoms with Crippen LogP contribution in [0.4, 0.5) is 11.4 Å². The predicted octanol–water partition coefficient (Wildman–Crippen LogP) is 2.43. The summed E-state index contributed by atoms with van der Waals surface area (Å²) in [5, 5.41) is 17.8. The zero-order valence-electron chi connectivity index (χ0n) is 13.0. The fraction of sp³-hybridized carbons (Fsp3) is 0.333. The number of carbonyl (C=O) groups excluding carboxylic acids is 1. The second-order valence-corrected chi connectivity index (χ2v) is 5.25. The summed E-state index contributed by atoms with van der Waals surface area (Å²) in [6.45, 7) is 5.55. The first-order valence-corrected chi connectivity index (χ1v) is 6.83. The molecule has 0 spiro atoms. The van der Waals surface area contributed by atoms with Gasteiger partial charge in [0.1, 0.15) is 0 Å². The molecule has 2 rings (SSSR count). The summed E-state index contributed by atoms with van der Waals surface area (Å²) in [7, 11) is 1.83. The van der Waals surface area contributed by atoms with Gasteiger partial charge in [0.2, 0.25) is 5.91 Å². The highest BCUT2D eigenvalue weighted by Crippen LogP contribution is 2.22. The molecule has 0 bridgehead atoms. The number of amides is 1. The Labute approximate surface area is 128 Å². The largest absolute Gasteiger partial charge is 0.325 e. The quantitative estimate of drug-likeness (QED) is 0.693. The third-order valence-electron chi connectivity index (χ3n) is 3.70. The number of carbonyl (C=O) groups is 1. The summed E-state index contributed by atoms with van der Waals surface area (Å²) in [6.07, 6.45) is 0.188. The van der Waals surface area contributed by atoms with E-state index >= 15 is 0 Å². The van der Waals surface area contributed by atoms with Crippen LogP contribution < -0.4 is 5.32 Å².